The summed E-state index contributed by atoms with van der Waals surface area (Å²) in [6.07, 6.45) is 5.54. The Hall–Kier alpha value is -3.30. The lowest BCUT2D eigenvalue weighted by atomic mass is 9.83. The van der Waals surface area contributed by atoms with Gasteiger partial charge in [0.15, 0.2) is 18.3 Å². The maximum atomic E-state index is 12.2. The third-order valence-corrected chi connectivity index (χ3v) is 7.16. The van der Waals surface area contributed by atoms with E-state index in [0.29, 0.717) is 23.8 Å². The fourth-order valence-corrected chi connectivity index (χ4v) is 5.08. The summed E-state index contributed by atoms with van der Waals surface area (Å²) in [5, 5.41) is 10.0. The molecule has 3 unspecified atom stereocenters. The van der Waals surface area contributed by atoms with Crippen molar-refractivity contribution < 1.29 is 33.6 Å². The zero-order valence-electron chi connectivity index (χ0n) is 23.5. The van der Waals surface area contributed by atoms with Gasteiger partial charge < -0.3 is 29.0 Å². The van der Waals surface area contributed by atoms with Gasteiger partial charge in [0.1, 0.15) is 5.75 Å². The monoisotopic (exact) mass is 542 g/mol. The molecule has 1 fully saturated rings. The molecule has 1 saturated heterocycles. The maximum absolute atomic E-state index is 12.2. The first kappa shape index (κ1) is 30.2. The lowest BCUT2D eigenvalue weighted by Crippen LogP contribution is -2.26. The second-order valence-electron chi connectivity index (χ2n) is 9.94. The van der Waals surface area contributed by atoms with Crippen molar-refractivity contribution in [1.82, 2.24) is 9.80 Å². The van der Waals surface area contributed by atoms with Crippen LogP contribution in [0.1, 0.15) is 62.6 Å². The molecule has 2 aromatic rings. The highest BCUT2D eigenvalue weighted by Crippen LogP contribution is 2.47. The summed E-state index contributed by atoms with van der Waals surface area (Å²) in [6, 6.07) is 13.0. The van der Waals surface area contributed by atoms with Crippen molar-refractivity contribution in [3.8, 4) is 17.2 Å². The fraction of sp³-hybridized carbons (Fsp3) is 0.533. The Balaban J connectivity index is 0.000000325. The highest BCUT2D eigenvalue weighted by Gasteiger charge is 2.46. The van der Waals surface area contributed by atoms with Crippen LogP contribution in [0.4, 0.5) is 0 Å². The average molecular weight is 543 g/mol. The van der Waals surface area contributed by atoms with Gasteiger partial charge in [-0.25, -0.2) is 0 Å². The first-order chi connectivity index (χ1) is 18.9. The molecule has 214 valence electrons. The van der Waals surface area contributed by atoms with E-state index in [2.05, 4.69) is 18.7 Å². The number of carbonyl (C=O) groups is 2. The van der Waals surface area contributed by atoms with E-state index in [1.165, 1.54) is 0 Å². The molecule has 0 aromatic heterocycles. The highest BCUT2D eigenvalue weighted by molar-refractivity contribution is 5.74. The van der Waals surface area contributed by atoms with Gasteiger partial charge in [0.2, 0.25) is 13.2 Å². The van der Waals surface area contributed by atoms with Crippen molar-refractivity contribution in [3.05, 3.63) is 53.6 Å². The third-order valence-electron chi connectivity index (χ3n) is 7.16. The van der Waals surface area contributed by atoms with Crippen molar-refractivity contribution in [1.29, 1.82) is 0 Å². The van der Waals surface area contributed by atoms with Crippen LogP contribution in [0.3, 0.4) is 0 Å². The summed E-state index contributed by atoms with van der Waals surface area (Å²) in [5.41, 5.74) is 1.90. The molecule has 9 heteroatoms. The number of unbranched alkanes of at least 4 members (excludes halogenated alkanes) is 2. The summed E-state index contributed by atoms with van der Waals surface area (Å²) in [5.74, 6) is 0.530. The molecular weight excluding hydrogens is 500 g/mol. The van der Waals surface area contributed by atoms with Crippen LogP contribution < -0.4 is 14.2 Å². The first-order valence-electron chi connectivity index (χ1n) is 13.7. The minimum atomic E-state index is -0.809. The Morgan fingerprint density at radius 2 is 1.69 bits per heavy atom. The maximum Gasteiger partial charge on any atom is 0.309 e. The van der Waals surface area contributed by atoms with E-state index >= 15 is 0 Å². The molecule has 1 amide bonds. The van der Waals surface area contributed by atoms with Crippen LogP contribution in [0.2, 0.25) is 0 Å². The van der Waals surface area contributed by atoms with Crippen molar-refractivity contribution in [2.75, 3.05) is 47.4 Å². The van der Waals surface area contributed by atoms with Gasteiger partial charge in [0.25, 0.3) is 0 Å². The topological polar surface area (TPSA) is 97.8 Å². The van der Waals surface area contributed by atoms with E-state index in [0.717, 1.165) is 56.3 Å². The lowest BCUT2D eigenvalue weighted by molar-refractivity contribution is -0.143. The van der Waals surface area contributed by atoms with Crippen molar-refractivity contribution in [2.24, 2.45) is 5.92 Å². The van der Waals surface area contributed by atoms with E-state index < -0.39 is 11.9 Å². The fourth-order valence-electron chi connectivity index (χ4n) is 5.08. The number of amides is 1. The summed E-state index contributed by atoms with van der Waals surface area (Å²) in [4.78, 5) is 26.6. The standard InChI is InChI=1S/C21H23NO6.C9H19NO/c1-22-10-16(14-5-8-17-18(9-14)28-12-27-17)19(21(23)24)20(22)13-3-6-15(7-4-13)26-11-25-2;1-3-5-7-10(9-11)8-6-4-2/h3-9,16,19-20H,10-12H2,1-2H3,(H,23,24);9H,3-8H2,1-2H3. The van der Waals surface area contributed by atoms with E-state index in [9.17, 15) is 14.7 Å². The van der Waals surface area contributed by atoms with Crippen LogP contribution in [0.15, 0.2) is 42.5 Å². The first-order valence-corrected chi connectivity index (χ1v) is 13.7. The van der Waals surface area contributed by atoms with Gasteiger partial charge >= 0.3 is 5.97 Å². The number of hydrogen-bond acceptors (Lipinski definition) is 7. The van der Waals surface area contributed by atoms with Crippen LogP contribution in [0.5, 0.6) is 17.2 Å². The van der Waals surface area contributed by atoms with Gasteiger partial charge in [0, 0.05) is 38.7 Å². The van der Waals surface area contributed by atoms with Gasteiger partial charge in [-0.3, -0.25) is 14.5 Å². The number of rotatable bonds is 13. The summed E-state index contributed by atoms with van der Waals surface area (Å²) in [7, 11) is 3.53. The number of ether oxygens (including phenoxy) is 4. The number of aliphatic carboxylic acids is 1. The molecule has 3 atom stereocenters. The Kier molecular flexibility index (Phi) is 11.9. The molecule has 0 aliphatic carbocycles. The molecule has 2 aliphatic rings. The van der Waals surface area contributed by atoms with Crippen LogP contribution in [-0.2, 0) is 14.3 Å². The number of likely N-dealkylation sites (tertiary alicyclic amines) is 1. The molecule has 2 aliphatic heterocycles. The van der Waals surface area contributed by atoms with Crippen molar-refractivity contribution in [3.63, 3.8) is 0 Å². The average Bonchev–Trinajstić information content (AvgIpc) is 3.56. The summed E-state index contributed by atoms with van der Waals surface area (Å²) < 4.78 is 21.2. The van der Waals surface area contributed by atoms with Crippen molar-refractivity contribution in [2.45, 2.75) is 51.5 Å². The Morgan fingerprint density at radius 1 is 1.05 bits per heavy atom. The number of hydrogen-bond donors (Lipinski definition) is 1. The smallest absolute Gasteiger partial charge is 0.309 e. The van der Waals surface area contributed by atoms with Crippen molar-refractivity contribution >= 4 is 12.4 Å². The van der Waals surface area contributed by atoms with E-state index in [1.54, 1.807) is 7.11 Å². The Bertz CT molecular complexity index is 1040. The molecule has 2 heterocycles. The second kappa shape index (κ2) is 15.3. The van der Waals surface area contributed by atoms with Gasteiger partial charge in [0.05, 0.1) is 5.92 Å². The summed E-state index contributed by atoms with van der Waals surface area (Å²) in [6.45, 7) is 7.16. The predicted octanol–water partition coefficient (Wildman–Crippen LogP) is 4.91. The quantitative estimate of drug-likeness (QED) is 0.282. The number of likely N-dealkylation sites (N-methyl/N-ethyl adjacent to an activating group) is 1. The number of nitrogens with zero attached hydrogens (tertiary/aromatic N) is 2. The Labute approximate surface area is 231 Å². The zero-order valence-corrected chi connectivity index (χ0v) is 23.5. The minimum Gasteiger partial charge on any atom is -0.481 e. The number of fused-ring (bicyclic) bond motifs is 1. The number of carboxylic acids is 1. The predicted molar refractivity (Wildman–Crippen MR) is 148 cm³/mol. The SMILES string of the molecule is CCCCN(C=O)CCCC.COCOc1ccc(C2C(C(=O)O)C(c3ccc4c(c3)OCO4)CN2C)cc1. The molecule has 0 bridgehead atoms. The highest BCUT2D eigenvalue weighted by atomic mass is 16.7. The van der Waals surface area contributed by atoms with Crippen LogP contribution >= 0.6 is 0 Å². The van der Waals surface area contributed by atoms with Gasteiger partial charge in [-0.2, -0.15) is 0 Å². The third kappa shape index (κ3) is 8.10. The van der Waals surface area contributed by atoms with Gasteiger partial charge in [-0.05, 0) is 55.3 Å². The number of carbonyl (C=O) groups excluding carboxylic acids is 1. The minimum absolute atomic E-state index is 0.147. The Morgan fingerprint density at radius 3 is 2.28 bits per heavy atom. The van der Waals surface area contributed by atoms with Crippen LogP contribution in [-0.4, -0.2) is 74.7 Å². The number of methoxy groups -OCH3 is 1. The molecular formula is C30H42N2O7. The molecule has 0 radical (unpaired) electrons. The number of carboxylic acid groups (broad SMARTS) is 1. The molecule has 2 aromatic carbocycles. The molecule has 39 heavy (non-hydrogen) atoms. The summed E-state index contributed by atoms with van der Waals surface area (Å²) >= 11 is 0. The van der Waals surface area contributed by atoms with Crippen LogP contribution in [0, 0.1) is 5.92 Å². The largest absolute Gasteiger partial charge is 0.481 e. The van der Waals surface area contributed by atoms with E-state index in [1.807, 2.05) is 54.4 Å². The molecule has 9 nitrogen and oxygen atoms in total. The molecule has 4 rings (SSSR count). The van der Waals surface area contributed by atoms with E-state index in [4.69, 9.17) is 18.9 Å². The van der Waals surface area contributed by atoms with Gasteiger partial charge in [-0.15, -0.1) is 0 Å². The molecule has 0 spiro atoms. The molecule has 0 saturated carbocycles. The number of benzene rings is 2. The van der Waals surface area contributed by atoms with Gasteiger partial charge in [-0.1, -0.05) is 44.9 Å². The normalized spacial score (nSPS) is 19.7. The second-order valence-corrected chi connectivity index (χ2v) is 9.94. The molecule has 1 N–H and O–H groups in total. The lowest BCUT2D eigenvalue weighted by Gasteiger charge is -2.24. The zero-order chi connectivity index (χ0) is 28.2. The van der Waals surface area contributed by atoms with Crippen LogP contribution in [0.25, 0.3) is 0 Å². The van der Waals surface area contributed by atoms with E-state index in [-0.39, 0.29) is 25.5 Å².